The molecule has 2 aliphatic rings. The molecule has 4 rings (SSSR count). The number of fused-ring (bicyclic) bond motifs is 1. The van der Waals surface area contributed by atoms with Crippen molar-refractivity contribution in [2.45, 2.75) is 20.0 Å². The lowest BCUT2D eigenvalue weighted by Gasteiger charge is -2.26. The molecule has 1 fully saturated rings. The highest BCUT2D eigenvalue weighted by molar-refractivity contribution is 5.93. The zero-order chi connectivity index (χ0) is 17.9. The highest BCUT2D eigenvalue weighted by Gasteiger charge is 2.23. The maximum atomic E-state index is 12.6. The molecule has 0 aliphatic carbocycles. The van der Waals surface area contributed by atoms with Gasteiger partial charge < -0.3 is 24.1 Å². The van der Waals surface area contributed by atoms with E-state index in [1.54, 1.807) is 0 Å². The summed E-state index contributed by atoms with van der Waals surface area (Å²) in [4.78, 5) is 14.8. The first kappa shape index (κ1) is 16.9. The summed E-state index contributed by atoms with van der Waals surface area (Å²) in [6.07, 6.45) is 0. The average Bonchev–Trinajstić information content (AvgIpc) is 3.27. The Hall–Kier alpha value is -2.58. The van der Waals surface area contributed by atoms with Crippen molar-refractivity contribution in [3.63, 3.8) is 0 Å². The van der Waals surface area contributed by atoms with Crippen molar-refractivity contribution >= 4 is 5.91 Å². The molecule has 26 heavy (non-hydrogen) atoms. The third kappa shape index (κ3) is 3.51. The molecule has 0 spiro atoms. The first-order valence-corrected chi connectivity index (χ1v) is 8.62. The molecule has 3 heterocycles. The van der Waals surface area contributed by atoms with E-state index in [1.807, 2.05) is 25.1 Å². The molecule has 0 saturated carbocycles. The Labute approximate surface area is 151 Å². The van der Waals surface area contributed by atoms with E-state index < -0.39 is 0 Å². The molecule has 0 unspecified atom stereocenters. The van der Waals surface area contributed by atoms with Crippen LogP contribution in [-0.2, 0) is 17.8 Å². The third-order valence-electron chi connectivity index (χ3n) is 4.58. The summed E-state index contributed by atoms with van der Waals surface area (Å²) in [6, 6.07) is 5.61. The van der Waals surface area contributed by atoms with Gasteiger partial charge in [0.2, 0.25) is 6.79 Å². The van der Waals surface area contributed by atoms with E-state index in [2.05, 4.69) is 15.4 Å². The summed E-state index contributed by atoms with van der Waals surface area (Å²) in [5.74, 6) is 1.84. The minimum atomic E-state index is -0.247. The Balaban J connectivity index is 1.41. The Bertz CT molecular complexity index is 798. The molecule has 8 nitrogen and oxygen atoms in total. The molecular weight excluding hydrogens is 338 g/mol. The number of hydrogen-bond acceptors (Lipinski definition) is 7. The molecule has 1 saturated heterocycles. The van der Waals surface area contributed by atoms with Gasteiger partial charge in [0.1, 0.15) is 5.76 Å². The van der Waals surface area contributed by atoms with Gasteiger partial charge in [0, 0.05) is 31.7 Å². The number of carbonyl (C=O) groups excluding carboxylic acids is 1. The largest absolute Gasteiger partial charge is 0.454 e. The van der Waals surface area contributed by atoms with Gasteiger partial charge in [-0.2, -0.15) is 0 Å². The first-order valence-electron chi connectivity index (χ1n) is 8.62. The molecule has 0 bridgehead atoms. The van der Waals surface area contributed by atoms with Crippen molar-refractivity contribution in [2.75, 3.05) is 33.1 Å². The number of nitrogens with one attached hydrogen (secondary N) is 1. The molecule has 2 aromatic rings. The summed E-state index contributed by atoms with van der Waals surface area (Å²) in [7, 11) is 0. The molecule has 8 heteroatoms. The number of hydrogen-bond donors (Lipinski definition) is 1. The average molecular weight is 359 g/mol. The topological polar surface area (TPSA) is 86.1 Å². The normalized spacial score (nSPS) is 16.7. The van der Waals surface area contributed by atoms with Gasteiger partial charge in [-0.05, 0) is 24.6 Å². The van der Waals surface area contributed by atoms with E-state index in [9.17, 15) is 4.79 Å². The minimum Gasteiger partial charge on any atom is -0.454 e. The summed E-state index contributed by atoms with van der Waals surface area (Å²) < 4.78 is 21.3. The Kier molecular flexibility index (Phi) is 4.77. The molecule has 1 aromatic heterocycles. The predicted octanol–water partition coefficient (Wildman–Crippen LogP) is 1.47. The lowest BCUT2D eigenvalue weighted by atomic mass is 10.1. The van der Waals surface area contributed by atoms with E-state index in [0.717, 1.165) is 30.0 Å². The van der Waals surface area contributed by atoms with Gasteiger partial charge in [0.15, 0.2) is 17.2 Å². The van der Waals surface area contributed by atoms with Gasteiger partial charge in [-0.3, -0.25) is 9.69 Å². The third-order valence-corrected chi connectivity index (χ3v) is 4.58. The SMILES string of the molecule is Cc1onc(C(=O)NCc2ccc3c(c2)OCO3)c1CN1CCOCC1. The summed E-state index contributed by atoms with van der Waals surface area (Å²) in [5, 5.41) is 6.86. The molecule has 1 aromatic carbocycles. The molecule has 1 amide bonds. The number of carbonyl (C=O) groups is 1. The van der Waals surface area contributed by atoms with Gasteiger partial charge in [-0.15, -0.1) is 0 Å². The molecule has 0 atom stereocenters. The summed E-state index contributed by atoms with van der Waals surface area (Å²) in [6.45, 7) is 6.15. The Morgan fingerprint density at radius 2 is 2.04 bits per heavy atom. The molecule has 138 valence electrons. The zero-order valence-corrected chi connectivity index (χ0v) is 14.6. The van der Waals surface area contributed by atoms with Crippen LogP contribution in [0.15, 0.2) is 22.7 Å². The number of ether oxygens (including phenoxy) is 3. The number of aryl methyl sites for hydroxylation is 1. The zero-order valence-electron chi connectivity index (χ0n) is 14.6. The monoisotopic (exact) mass is 359 g/mol. The molecule has 0 radical (unpaired) electrons. The van der Waals surface area contributed by atoms with Crippen molar-refractivity contribution in [3.8, 4) is 11.5 Å². The maximum absolute atomic E-state index is 12.6. The van der Waals surface area contributed by atoms with E-state index >= 15 is 0 Å². The molecular formula is C18H21N3O5. The second-order valence-electron chi connectivity index (χ2n) is 6.32. The molecule has 1 N–H and O–H groups in total. The molecule has 2 aliphatic heterocycles. The maximum Gasteiger partial charge on any atom is 0.274 e. The van der Waals surface area contributed by atoms with Crippen LogP contribution < -0.4 is 14.8 Å². The van der Waals surface area contributed by atoms with E-state index in [-0.39, 0.29) is 12.7 Å². The smallest absolute Gasteiger partial charge is 0.274 e. The van der Waals surface area contributed by atoms with Crippen LogP contribution in [0.4, 0.5) is 0 Å². The lowest BCUT2D eigenvalue weighted by molar-refractivity contribution is 0.0339. The van der Waals surface area contributed by atoms with Crippen LogP contribution in [0.5, 0.6) is 11.5 Å². The fourth-order valence-electron chi connectivity index (χ4n) is 3.06. The Morgan fingerprint density at radius 3 is 2.88 bits per heavy atom. The van der Waals surface area contributed by atoms with Gasteiger partial charge in [-0.25, -0.2) is 0 Å². The van der Waals surface area contributed by atoms with Gasteiger partial charge in [-0.1, -0.05) is 11.2 Å². The quantitative estimate of drug-likeness (QED) is 0.865. The standard InChI is InChI=1S/C18H21N3O5/c1-12-14(10-21-4-6-23-7-5-21)17(20-26-12)18(22)19-9-13-2-3-15-16(8-13)25-11-24-15/h2-3,8H,4-7,9-11H2,1H3,(H,19,22). The second-order valence-corrected chi connectivity index (χ2v) is 6.32. The van der Waals surface area contributed by atoms with E-state index in [1.165, 1.54) is 0 Å². The first-order chi connectivity index (χ1) is 12.7. The highest BCUT2D eigenvalue weighted by atomic mass is 16.7. The van der Waals surface area contributed by atoms with Crippen LogP contribution >= 0.6 is 0 Å². The number of amides is 1. The van der Waals surface area contributed by atoms with Crippen LogP contribution in [0.1, 0.15) is 27.4 Å². The van der Waals surface area contributed by atoms with Crippen LogP contribution in [0, 0.1) is 6.92 Å². The summed E-state index contributed by atoms with van der Waals surface area (Å²) >= 11 is 0. The highest BCUT2D eigenvalue weighted by Crippen LogP contribution is 2.32. The van der Waals surface area contributed by atoms with Gasteiger partial charge in [0.05, 0.1) is 13.2 Å². The summed E-state index contributed by atoms with van der Waals surface area (Å²) in [5.41, 5.74) is 2.10. The van der Waals surface area contributed by atoms with Crippen molar-refractivity contribution < 1.29 is 23.5 Å². The fraction of sp³-hybridized carbons (Fsp3) is 0.444. The van der Waals surface area contributed by atoms with Crippen LogP contribution in [0.2, 0.25) is 0 Å². The second kappa shape index (κ2) is 7.35. The minimum absolute atomic E-state index is 0.230. The predicted molar refractivity (Wildman–Crippen MR) is 91.1 cm³/mol. The van der Waals surface area contributed by atoms with Crippen molar-refractivity contribution in [2.24, 2.45) is 0 Å². The number of aromatic nitrogens is 1. The van der Waals surface area contributed by atoms with Crippen molar-refractivity contribution in [1.82, 2.24) is 15.4 Å². The van der Waals surface area contributed by atoms with Crippen LogP contribution in [-0.4, -0.2) is 49.1 Å². The van der Waals surface area contributed by atoms with E-state index in [4.69, 9.17) is 18.7 Å². The van der Waals surface area contributed by atoms with Crippen molar-refractivity contribution in [3.05, 3.63) is 40.8 Å². The lowest BCUT2D eigenvalue weighted by Crippen LogP contribution is -2.36. The van der Waals surface area contributed by atoms with Gasteiger partial charge >= 0.3 is 0 Å². The van der Waals surface area contributed by atoms with Crippen LogP contribution in [0.25, 0.3) is 0 Å². The number of nitrogens with zero attached hydrogens (tertiary/aromatic N) is 2. The number of benzene rings is 1. The fourth-order valence-corrected chi connectivity index (χ4v) is 3.06. The van der Waals surface area contributed by atoms with Gasteiger partial charge in [0.25, 0.3) is 5.91 Å². The van der Waals surface area contributed by atoms with Crippen LogP contribution in [0.3, 0.4) is 0 Å². The number of morpholine rings is 1. The Morgan fingerprint density at radius 1 is 1.23 bits per heavy atom. The van der Waals surface area contributed by atoms with E-state index in [0.29, 0.717) is 43.5 Å². The number of rotatable bonds is 5. The van der Waals surface area contributed by atoms with Crippen molar-refractivity contribution in [1.29, 1.82) is 0 Å².